The number of H-pyrrole nitrogens is 1. The maximum atomic E-state index is 6.15. The molecule has 0 radical (unpaired) electrons. The van der Waals surface area contributed by atoms with E-state index in [9.17, 15) is 0 Å². The van der Waals surface area contributed by atoms with E-state index in [4.69, 9.17) is 11.6 Å². The van der Waals surface area contributed by atoms with Crippen molar-refractivity contribution < 1.29 is 0 Å². The molecule has 3 aromatic rings. The van der Waals surface area contributed by atoms with Gasteiger partial charge in [0.1, 0.15) is 0 Å². The van der Waals surface area contributed by atoms with Crippen LogP contribution in [0.3, 0.4) is 0 Å². The van der Waals surface area contributed by atoms with Gasteiger partial charge in [-0.15, -0.1) is 0 Å². The summed E-state index contributed by atoms with van der Waals surface area (Å²) in [6, 6.07) is 17.8. The highest BCUT2D eigenvalue weighted by Gasteiger charge is 2.40. The van der Waals surface area contributed by atoms with Crippen LogP contribution < -0.4 is 0 Å². The number of hydrogen-bond donors (Lipinski definition) is 1. The number of piperidine rings is 1. The molecule has 152 valence electrons. The minimum absolute atomic E-state index is 0.227. The van der Waals surface area contributed by atoms with E-state index in [1.807, 2.05) is 0 Å². The van der Waals surface area contributed by atoms with Crippen LogP contribution in [0.1, 0.15) is 68.4 Å². The van der Waals surface area contributed by atoms with E-state index in [1.165, 1.54) is 62.5 Å². The Balaban J connectivity index is 1.40. The van der Waals surface area contributed by atoms with Gasteiger partial charge in [0.25, 0.3) is 0 Å². The Morgan fingerprint density at radius 2 is 1.62 bits per heavy atom. The molecule has 4 heteroatoms. The first-order valence-electron chi connectivity index (χ1n) is 11.2. The van der Waals surface area contributed by atoms with Crippen molar-refractivity contribution >= 4 is 22.6 Å². The fourth-order valence-electron chi connectivity index (χ4n) is 5.82. The molecule has 1 N–H and O–H groups in total. The van der Waals surface area contributed by atoms with Crippen LogP contribution in [-0.4, -0.2) is 28.0 Å². The van der Waals surface area contributed by atoms with Crippen molar-refractivity contribution in [2.75, 3.05) is 13.1 Å². The van der Waals surface area contributed by atoms with Crippen LogP contribution in [0.2, 0.25) is 5.28 Å². The van der Waals surface area contributed by atoms with Crippen LogP contribution in [-0.2, 0) is 5.54 Å². The summed E-state index contributed by atoms with van der Waals surface area (Å²) in [6.07, 6.45) is 10.4. The average Bonchev–Trinajstić information content (AvgIpc) is 2.98. The van der Waals surface area contributed by atoms with Crippen molar-refractivity contribution in [3.05, 3.63) is 64.9 Å². The summed E-state index contributed by atoms with van der Waals surface area (Å²) in [6.45, 7) is 2.32. The maximum Gasteiger partial charge on any atom is 0.201 e. The second-order valence-electron chi connectivity index (χ2n) is 8.84. The standard InChI is InChI=1S/C25H30ClN3/c26-24-27-22-12-8-11-21(23(22)28-24)19-13-17-29(18-14-19)25(15-6-1-2-7-16-25)20-9-4-3-5-10-20/h3-5,8-12,19H,1-2,6-7,13-18H2,(H,27,28). The number of benzene rings is 2. The molecule has 3 nitrogen and oxygen atoms in total. The third kappa shape index (κ3) is 3.60. The topological polar surface area (TPSA) is 31.9 Å². The first-order chi connectivity index (χ1) is 14.3. The van der Waals surface area contributed by atoms with Crippen LogP contribution in [0, 0.1) is 0 Å². The number of fused-ring (bicyclic) bond motifs is 1. The predicted molar refractivity (Wildman–Crippen MR) is 120 cm³/mol. The number of nitrogens with zero attached hydrogens (tertiary/aromatic N) is 2. The van der Waals surface area contributed by atoms with Crippen molar-refractivity contribution in [1.29, 1.82) is 0 Å². The van der Waals surface area contributed by atoms with Crippen molar-refractivity contribution in [3.63, 3.8) is 0 Å². The number of halogens is 1. The SMILES string of the molecule is Clc1nc2c(C3CCN(C4(c5ccccc5)CCCCCC4)CC3)cccc2[nH]1. The molecule has 0 amide bonds. The third-order valence-corrected chi connectivity index (χ3v) is 7.48. The summed E-state index contributed by atoms with van der Waals surface area (Å²) in [7, 11) is 0. The van der Waals surface area contributed by atoms with Crippen molar-refractivity contribution in [1.82, 2.24) is 14.9 Å². The van der Waals surface area contributed by atoms with Crippen LogP contribution in [0.15, 0.2) is 48.5 Å². The second-order valence-corrected chi connectivity index (χ2v) is 9.20. The molecule has 0 atom stereocenters. The molecule has 5 rings (SSSR count). The van der Waals surface area contributed by atoms with Crippen molar-refractivity contribution in [3.8, 4) is 0 Å². The van der Waals surface area contributed by atoms with Gasteiger partial charge in [-0.3, -0.25) is 4.90 Å². The Kier molecular flexibility index (Phi) is 5.36. The van der Waals surface area contributed by atoms with Crippen LogP contribution in [0.5, 0.6) is 0 Å². The summed E-state index contributed by atoms with van der Waals surface area (Å²) >= 11 is 6.15. The predicted octanol–water partition coefficient (Wildman–Crippen LogP) is 6.65. The van der Waals surface area contributed by atoms with Crippen LogP contribution >= 0.6 is 11.6 Å². The van der Waals surface area contributed by atoms with Gasteiger partial charge < -0.3 is 4.98 Å². The van der Waals surface area contributed by atoms with Gasteiger partial charge in [-0.05, 0) is 73.5 Å². The monoisotopic (exact) mass is 407 g/mol. The molecule has 1 aromatic heterocycles. The minimum Gasteiger partial charge on any atom is -0.329 e. The van der Waals surface area contributed by atoms with Gasteiger partial charge in [-0.2, -0.15) is 0 Å². The maximum absolute atomic E-state index is 6.15. The first kappa shape index (κ1) is 19.1. The van der Waals surface area contributed by atoms with E-state index in [-0.39, 0.29) is 5.54 Å². The summed E-state index contributed by atoms with van der Waals surface area (Å²) in [5.74, 6) is 0.563. The average molecular weight is 408 g/mol. The highest BCUT2D eigenvalue weighted by Crippen LogP contribution is 2.44. The van der Waals surface area contributed by atoms with E-state index in [0.717, 1.165) is 24.1 Å². The van der Waals surface area contributed by atoms with E-state index in [0.29, 0.717) is 11.2 Å². The van der Waals surface area contributed by atoms with E-state index < -0.39 is 0 Å². The van der Waals surface area contributed by atoms with Gasteiger partial charge in [-0.25, -0.2) is 4.98 Å². The highest BCUT2D eigenvalue weighted by molar-refractivity contribution is 6.29. The van der Waals surface area contributed by atoms with Gasteiger partial charge in [0.15, 0.2) is 0 Å². The Morgan fingerprint density at radius 3 is 2.34 bits per heavy atom. The smallest absolute Gasteiger partial charge is 0.201 e. The molecule has 1 aliphatic carbocycles. The molecule has 2 aromatic carbocycles. The van der Waals surface area contributed by atoms with Crippen molar-refractivity contribution in [2.24, 2.45) is 0 Å². The zero-order chi connectivity index (χ0) is 19.7. The Morgan fingerprint density at radius 1 is 0.897 bits per heavy atom. The number of likely N-dealkylation sites (tertiary alicyclic amines) is 1. The molecule has 1 aliphatic heterocycles. The lowest BCUT2D eigenvalue weighted by Crippen LogP contribution is -2.49. The van der Waals surface area contributed by atoms with Crippen LogP contribution in [0.4, 0.5) is 0 Å². The number of nitrogens with one attached hydrogen (secondary N) is 1. The molecule has 29 heavy (non-hydrogen) atoms. The molecule has 0 bridgehead atoms. The lowest BCUT2D eigenvalue weighted by atomic mass is 9.78. The first-order valence-corrected chi connectivity index (χ1v) is 11.6. The molecule has 0 unspecified atom stereocenters. The second kappa shape index (κ2) is 8.12. The number of hydrogen-bond acceptors (Lipinski definition) is 2. The molecular weight excluding hydrogens is 378 g/mol. The van der Waals surface area contributed by atoms with Crippen molar-refractivity contribution in [2.45, 2.75) is 62.8 Å². The molecule has 2 aliphatic rings. The quantitative estimate of drug-likeness (QED) is 0.493. The fraction of sp³-hybridized carbons (Fsp3) is 0.480. The molecule has 2 heterocycles. The summed E-state index contributed by atoms with van der Waals surface area (Å²) < 4.78 is 0. The molecular formula is C25H30ClN3. The molecule has 2 fully saturated rings. The summed E-state index contributed by atoms with van der Waals surface area (Å²) in [4.78, 5) is 10.6. The zero-order valence-electron chi connectivity index (χ0n) is 17.0. The molecule has 1 saturated carbocycles. The third-order valence-electron chi connectivity index (χ3n) is 7.30. The minimum atomic E-state index is 0.227. The summed E-state index contributed by atoms with van der Waals surface area (Å²) in [5.41, 5.74) is 5.23. The highest BCUT2D eigenvalue weighted by atomic mass is 35.5. The number of aromatic amines is 1. The number of rotatable bonds is 3. The van der Waals surface area contributed by atoms with Gasteiger partial charge in [0.05, 0.1) is 11.0 Å². The van der Waals surface area contributed by atoms with Crippen LogP contribution in [0.25, 0.3) is 11.0 Å². The number of para-hydroxylation sites is 1. The Labute approximate surface area is 178 Å². The number of aromatic nitrogens is 2. The lowest BCUT2D eigenvalue weighted by Gasteiger charge is -2.48. The summed E-state index contributed by atoms with van der Waals surface area (Å²) in [5, 5.41) is 0.492. The van der Waals surface area contributed by atoms with E-state index in [1.54, 1.807) is 0 Å². The fourth-order valence-corrected chi connectivity index (χ4v) is 6.01. The van der Waals surface area contributed by atoms with Gasteiger partial charge in [0.2, 0.25) is 5.28 Å². The zero-order valence-corrected chi connectivity index (χ0v) is 17.8. The van der Waals surface area contributed by atoms with Gasteiger partial charge >= 0.3 is 0 Å². The Bertz CT molecular complexity index is 949. The number of imidazole rings is 1. The van der Waals surface area contributed by atoms with E-state index in [2.05, 4.69) is 63.4 Å². The molecule has 0 spiro atoms. The molecule has 1 saturated heterocycles. The Hall–Kier alpha value is -1.84. The van der Waals surface area contributed by atoms with E-state index >= 15 is 0 Å². The van der Waals surface area contributed by atoms with Gasteiger partial charge in [-0.1, -0.05) is 68.1 Å². The van der Waals surface area contributed by atoms with Gasteiger partial charge in [0, 0.05) is 5.54 Å². The largest absolute Gasteiger partial charge is 0.329 e. The lowest BCUT2D eigenvalue weighted by molar-refractivity contribution is 0.0435. The normalized spacial score (nSPS) is 21.3.